The van der Waals surface area contributed by atoms with Gasteiger partial charge in [0.15, 0.2) is 12.2 Å². The van der Waals surface area contributed by atoms with E-state index in [0.717, 1.165) is 108 Å². The predicted molar refractivity (Wildman–Crippen MR) is 345 cm³/mol. The molecule has 0 heterocycles. The van der Waals surface area contributed by atoms with Crippen molar-refractivity contribution in [1.82, 2.24) is 0 Å². The van der Waals surface area contributed by atoms with Gasteiger partial charge in [0, 0.05) is 25.7 Å². The van der Waals surface area contributed by atoms with Gasteiger partial charge >= 0.3 is 39.5 Å². The minimum atomic E-state index is -4.95. The lowest BCUT2D eigenvalue weighted by molar-refractivity contribution is -0.161. The van der Waals surface area contributed by atoms with E-state index in [9.17, 15) is 43.2 Å². The van der Waals surface area contributed by atoms with E-state index >= 15 is 0 Å². The topological polar surface area (TPSA) is 237 Å². The van der Waals surface area contributed by atoms with Gasteiger partial charge in [0.2, 0.25) is 0 Å². The Hall–Kier alpha value is -1.94. The number of phosphoric acid groups is 2. The Bertz CT molecular complexity index is 1690. The zero-order valence-electron chi connectivity index (χ0n) is 55.6. The molecule has 19 heteroatoms. The van der Waals surface area contributed by atoms with Gasteiger partial charge in [-0.1, -0.05) is 286 Å². The summed E-state index contributed by atoms with van der Waals surface area (Å²) in [5, 5.41) is 10.5. The number of carbonyl (C=O) groups excluding carboxylic acids is 4. The highest BCUT2D eigenvalue weighted by Gasteiger charge is 2.30. The summed E-state index contributed by atoms with van der Waals surface area (Å²) < 4.78 is 68.0. The zero-order valence-corrected chi connectivity index (χ0v) is 57.4. The fourth-order valence-electron chi connectivity index (χ4n) is 10.00. The Morgan fingerprint density at radius 2 is 0.558 bits per heavy atom. The summed E-state index contributed by atoms with van der Waals surface area (Å²) in [5.74, 6) is -0.555. The Balaban J connectivity index is 5.19. The lowest BCUT2D eigenvalue weighted by Crippen LogP contribution is -2.30. The first-order valence-corrected chi connectivity index (χ1v) is 38.1. The van der Waals surface area contributed by atoms with E-state index in [1.54, 1.807) is 0 Å². The minimum Gasteiger partial charge on any atom is -0.462 e. The molecular weight excluding hydrogens is 1140 g/mol. The zero-order chi connectivity index (χ0) is 63.6. The van der Waals surface area contributed by atoms with Gasteiger partial charge in [-0.15, -0.1) is 0 Å². The molecule has 17 nitrogen and oxygen atoms in total. The molecule has 0 aliphatic carbocycles. The molecule has 0 amide bonds. The van der Waals surface area contributed by atoms with E-state index in [-0.39, 0.29) is 25.7 Å². The van der Waals surface area contributed by atoms with Gasteiger partial charge in [0.05, 0.1) is 26.4 Å². The van der Waals surface area contributed by atoms with Crippen LogP contribution in [0.3, 0.4) is 0 Å². The number of aliphatic hydroxyl groups is 1. The van der Waals surface area contributed by atoms with Gasteiger partial charge in [0.1, 0.15) is 19.3 Å². The number of rotatable bonds is 66. The maximum Gasteiger partial charge on any atom is 0.472 e. The van der Waals surface area contributed by atoms with E-state index < -0.39 is 97.5 Å². The molecule has 86 heavy (non-hydrogen) atoms. The van der Waals surface area contributed by atoms with Crippen molar-refractivity contribution in [1.29, 1.82) is 0 Å². The SMILES string of the molecule is CCCCCCCCCCCC(=O)OC[C@H](COP(=O)(O)OC[C@H](O)COP(=O)(O)OC[C@@H](COC(=O)CCCCCCCCC(C)CC)OC(=O)CCCCCCCCCCCCCCCCC(C)CC)OC(=O)CCCCCCCCCCC. The molecule has 7 atom stereocenters. The Morgan fingerprint density at radius 3 is 0.826 bits per heavy atom. The monoisotopic (exact) mass is 1270 g/mol. The van der Waals surface area contributed by atoms with Crippen molar-refractivity contribution in [2.45, 2.75) is 355 Å². The van der Waals surface area contributed by atoms with Crippen molar-refractivity contribution in [2.24, 2.45) is 11.8 Å². The number of esters is 4. The van der Waals surface area contributed by atoms with Gasteiger partial charge in [-0.2, -0.15) is 0 Å². The lowest BCUT2D eigenvalue weighted by atomic mass is 9.99. The number of hydrogen-bond donors (Lipinski definition) is 3. The molecule has 0 aromatic heterocycles. The molecule has 4 unspecified atom stereocenters. The van der Waals surface area contributed by atoms with Crippen molar-refractivity contribution in [3.63, 3.8) is 0 Å². The van der Waals surface area contributed by atoms with E-state index in [1.165, 1.54) is 148 Å². The fourth-order valence-corrected chi connectivity index (χ4v) is 11.6. The van der Waals surface area contributed by atoms with Gasteiger partial charge in [0.25, 0.3) is 0 Å². The summed E-state index contributed by atoms with van der Waals surface area (Å²) in [6.45, 7) is 9.50. The van der Waals surface area contributed by atoms with Crippen LogP contribution in [-0.2, 0) is 65.4 Å². The number of aliphatic hydroxyl groups excluding tert-OH is 1. The van der Waals surface area contributed by atoms with Crippen LogP contribution in [0.2, 0.25) is 0 Å². The average Bonchev–Trinajstić information content (AvgIpc) is 3.67. The highest BCUT2D eigenvalue weighted by Crippen LogP contribution is 2.45. The summed E-state index contributed by atoms with van der Waals surface area (Å²) in [6, 6.07) is 0. The standard InChI is InChI=1S/C67H130O17P2/c1-7-11-13-15-17-25-30-37-43-49-64(69)77-55-62(83-66(71)51-45-39-31-26-18-16-14-12-8-2)57-81-85(73,74)79-53-61(68)54-80-86(75,76)82-58-63(56-78-65(70)50-44-38-34-33-36-42-48-60(6)10-4)84-67(72)52-46-40-32-28-24-22-20-19-21-23-27-29-35-41-47-59(5)9-3/h59-63,68H,7-58H2,1-6H3,(H,73,74)(H,75,76)/t59?,60?,61-,62+,63+/m0/s1. The molecule has 0 fully saturated rings. The van der Waals surface area contributed by atoms with Crippen LogP contribution >= 0.6 is 15.6 Å². The summed E-state index contributed by atoms with van der Waals surface area (Å²) in [4.78, 5) is 72.3. The Labute approximate surface area is 524 Å². The quantitative estimate of drug-likeness (QED) is 0.0222. The van der Waals surface area contributed by atoms with Crippen molar-refractivity contribution < 1.29 is 80.2 Å². The normalized spacial score (nSPS) is 14.8. The molecule has 0 aromatic rings. The summed E-state index contributed by atoms with van der Waals surface area (Å²) in [7, 11) is -9.89. The first kappa shape index (κ1) is 84.1. The largest absolute Gasteiger partial charge is 0.472 e. The van der Waals surface area contributed by atoms with Gasteiger partial charge in [-0.3, -0.25) is 37.3 Å². The molecule has 510 valence electrons. The van der Waals surface area contributed by atoms with Crippen LogP contribution in [0.25, 0.3) is 0 Å². The smallest absolute Gasteiger partial charge is 0.462 e. The summed E-state index contributed by atoms with van der Waals surface area (Å²) in [6.07, 6.45) is 43.0. The van der Waals surface area contributed by atoms with Crippen molar-refractivity contribution in [3.05, 3.63) is 0 Å². The number of carbonyl (C=O) groups is 4. The average molecular weight is 1270 g/mol. The van der Waals surface area contributed by atoms with Crippen LogP contribution in [-0.4, -0.2) is 96.7 Å². The molecule has 0 aromatic carbocycles. The third kappa shape index (κ3) is 58.4. The van der Waals surface area contributed by atoms with Crippen LogP contribution in [0.5, 0.6) is 0 Å². The molecule has 0 aliphatic rings. The van der Waals surface area contributed by atoms with Crippen molar-refractivity contribution in [3.8, 4) is 0 Å². The van der Waals surface area contributed by atoms with Crippen LogP contribution in [0.4, 0.5) is 0 Å². The molecule has 3 N–H and O–H groups in total. The molecule has 0 radical (unpaired) electrons. The highest BCUT2D eigenvalue weighted by molar-refractivity contribution is 7.47. The number of phosphoric ester groups is 2. The van der Waals surface area contributed by atoms with Gasteiger partial charge in [-0.25, -0.2) is 9.13 Å². The first-order chi connectivity index (χ1) is 41.4. The highest BCUT2D eigenvalue weighted by atomic mass is 31.2. The maximum absolute atomic E-state index is 13.0. The van der Waals surface area contributed by atoms with Crippen LogP contribution in [0.15, 0.2) is 0 Å². The molecule has 0 saturated carbocycles. The minimum absolute atomic E-state index is 0.105. The molecule has 0 bridgehead atoms. The second kappa shape index (κ2) is 59.4. The van der Waals surface area contributed by atoms with Crippen molar-refractivity contribution in [2.75, 3.05) is 39.6 Å². The van der Waals surface area contributed by atoms with E-state index in [1.807, 2.05) is 0 Å². The second-order valence-corrected chi connectivity index (χ2v) is 27.6. The van der Waals surface area contributed by atoms with Gasteiger partial charge < -0.3 is 33.8 Å². The molecule has 0 saturated heterocycles. The predicted octanol–water partition coefficient (Wildman–Crippen LogP) is 18.8. The fraction of sp³-hybridized carbons (Fsp3) is 0.940. The lowest BCUT2D eigenvalue weighted by Gasteiger charge is -2.21. The molecular formula is C67H130O17P2. The summed E-state index contributed by atoms with van der Waals surface area (Å²) in [5.41, 5.74) is 0. The third-order valence-electron chi connectivity index (χ3n) is 16.2. The molecule has 0 spiro atoms. The number of hydrogen-bond acceptors (Lipinski definition) is 15. The molecule has 0 aliphatic heterocycles. The second-order valence-electron chi connectivity index (χ2n) is 24.7. The number of unbranched alkanes of at least 4 members (excludes halogenated alkanes) is 34. The van der Waals surface area contributed by atoms with E-state index in [4.69, 9.17) is 37.0 Å². The van der Waals surface area contributed by atoms with Crippen LogP contribution in [0.1, 0.15) is 337 Å². The third-order valence-corrected chi connectivity index (χ3v) is 18.1. The van der Waals surface area contributed by atoms with E-state index in [0.29, 0.717) is 25.7 Å². The Kier molecular flexibility index (Phi) is 58.0. The first-order valence-electron chi connectivity index (χ1n) is 35.1. The molecule has 0 rings (SSSR count). The maximum atomic E-state index is 13.0. The van der Waals surface area contributed by atoms with Crippen LogP contribution < -0.4 is 0 Å². The Morgan fingerprint density at radius 1 is 0.326 bits per heavy atom. The van der Waals surface area contributed by atoms with Crippen molar-refractivity contribution >= 4 is 39.5 Å². The van der Waals surface area contributed by atoms with Crippen LogP contribution in [0, 0.1) is 11.8 Å². The summed E-state index contributed by atoms with van der Waals surface area (Å²) >= 11 is 0. The number of ether oxygens (including phenoxy) is 4. The van der Waals surface area contributed by atoms with E-state index in [2.05, 4.69) is 41.5 Å². The van der Waals surface area contributed by atoms with Gasteiger partial charge in [-0.05, 0) is 37.5 Å².